The lowest BCUT2D eigenvalue weighted by Gasteiger charge is -2.24. The lowest BCUT2D eigenvalue weighted by atomic mass is 9.98. The zero-order chi connectivity index (χ0) is 19.8. The molecule has 4 heteroatoms. The van der Waals surface area contributed by atoms with Crippen molar-refractivity contribution in [2.75, 3.05) is 6.54 Å². The molecule has 0 aliphatic heterocycles. The van der Waals surface area contributed by atoms with E-state index in [-0.39, 0.29) is 6.04 Å². The van der Waals surface area contributed by atoms with Gasteiger partial charge in [-0.25, -0.2) is 0 Å². The minimum atomic E-state index is -0.601. The molecule has 0 aliphatic carbocycles. The predicted octanol–water partition coefficient (Wildman–Crippen LogP) is 3.94. The van der Waals surface area contributed by atoms with E-state index in [4.69, 9.17) is 0 Å². The third-order valence-electron chi connectivity index (χ3n) is 4.62. The van der Waals surface area contributed by atoms with E-state index in [1.54, 1.807) is 4.90 Å². The Kier molecular flexibility index (Phi) is 6.58. The molecule has 2 amide bonds. The Morgan fingerprint density at radius 1 is 0.786 bits per heavy atom. The lowest BCUT2D eigenvalue weighted by molar-refractivity contribution is -0.146. The van der Waals surface area contributed by atoms with Crippen LogP contribution >= 0.6 is 0 Å². The minimum absolute atomic E-state index is 0.380. The van der Waals surface area contributed by atoms with Crippen LogP contribution in [-0.4, -0.2) is 23.3 Å². The summed E-state index contributed by atoms with van der Waals surface area (Å²) in [4.78, 5) is 27.1. The van der Waals surface area contributed by atoms with E-state index in [0.29, 0.717) is 13.1 Å². The van der Waals surface area contributed by atoms with Crippen molar-refractivity contribution in [1.82, 2.24) is 10.2 Å². The second-order valence-electron chi connectivity index (χ2n) is 6.53. The van der Waals surface area contributed by atoms with Gasteiger partial charge in [0.05, 0.1) is 6.04 Å². The number of nitrogens with one attached hydrogen (secondary N) is 1. The molecule has 0 atom stereocenters. The molecule has 0 fully saturated rings. The van der Waals surface area contributed by atoms with Crippen LogP contribution in [0.15, 0.2) is 91.0 Å². The van der Waals surface area contributed by atoms with E-state index in [9.17, 15) is 9.59 Å². The zero-order valence-electron chi connectivity index (χ0n) is 15.9. The second kappa shape index (κ2) is 9.51. The van der Waals surface area contributed by atoms with Gasteiger partial charge in [-0.2, -0.15) is 0 Å². The molecule has 4 nitrogen and oxygen atoms in total. The van der Waals surface area contributed by atoms with Gasteiger partial charge >= 0.3 is 11.8 Å². The molecule has 142 valence electrons. The maximum Gasteiger partial charge on any atom is 0.312 e. The Balaban J connectivity index is 1.78. The van der Waals surface area contributed by atoms with Crippen LogP contribution in [0.1, 0.15) is 29.7 Å². The molecule has 0 bridgehead atoms. The van der Waals surface area contributed by atoms with Crippen LogP contribution in [-0.2, 0) is 16.1 Å². The third kappa shape index (κ3) is 4.86. The van der Waals surface area contributed by atoms with Crippen molar-refractivity contribution in [3.8, 4) is 0 Å². The van der Waals surface area contributed by atoms with Gasteiger partial charge in [0.15, 0.2) is 0 Å². The van der Waals surface area contributed by atoms with Gasteiger partial charge in [-0.1, -0.05) is 91.0 Å². The van der Waals surface area contributed by atoms with Crippen LogP contribution in [0.4, 0.5) is 0 Å². The Morgan fingerprint density at radius 2 is 1.25 bits per heavy atom. The first-order valence-electron chi connectivity index (χ1n) is 9.42. The highest BCUT2D eigenvalue weighted by molar-refractivity contribution is 6.35. The molecule has 1 N–H and O–H groups in total. The molecule has 0 radical (unpaired) electrons. The average Bonchev–Trinajstić information content (AvgIpc) is 2.77. The number of carbonyl (C=O) groups excluding carboxylic acids is 2. The monoisotopic (exact) mass is 372 g/mol. The Morgan fingerprint density at radius 3 is 1.71 bits per heavy atom. The molecule has 3 aromatic carbocycles. The SMILES string of the molecule is CCN(Cc1ccccc1)C(=O)C(=O)NC(c1ccccc1)c1ccccc1. The minimum Gasteiger partial charge on any atom is -0.337 e. The topological polar surface area (TPSA) is 49.4 Å². The summed E-state index contributed by atoms with van der Waals surface area (Å²) in [5.41, 5.74) is 2.86. The largest absolute Gasteiger partial charge is 0.337 e. The quantitative estimate of drug-likeness (QED) is 0.666. The zero-order valence-corrected chi connectivity index (χ0v) is 15.9. The molecule has 0 heterocycles. The number of carbonyl (C=O) groups is 2. The summed E-state index contributed by atoms with van der Waals surface area (Å²) in [5, 5.41) is 2.92. The number of amides is 2. The summed E-state index contributed by atoms with van der Waals surface area (Å²) in [7, 11) is 0. The molecular formula is C24H24N2O2. The highest BCUT2D eigenvalue weighted by Gasteiger charge is 2.25. The summed E-state index contributed by atoms with van der Waals surface area (Å²) in [6.45, 7) is 2.74. The van der Waals surface area contributed by atoms with Gasteiger partial charge in [-0.05, 0) is 23.6 Å². The van der Waals surface area contributed by atoms with E-state index < -0.39 is 11.8 Å². The van der Waals surface area contributed by atoms with E-state index >= 15 is 0 Å². The van der Waals surface area contributed by atoms with Crippen molar-refractivity contribution in [2.24, 2.45) is 0 Å². The van der Waals surface area contributed by atoms with Gasteiger partial charge in [0.2, 0.25) is 0 Å². The molecule has 0 saturated heterocycles. The van der Waals surface area contributed by atoms with Gasteiger partial charge < -0.3 is 10.2 Å². The molecule has 3 rings (SSSR count). The normalized spacial score (nSPS) is 10.5. The van der Waals surface area contributed by atoms with E-state index in [2.05, 4.69) is 5.32 Å². The number of likely N-dealkylation sites (N-methyl/N-ethyl adjacent to an activating group) is 1. The molecule has 0 saturated carbocycles. The second-order valence-corrected chi connectivity index (χ2v) is 6.53. The smallest absolute Gasteiger partial charge is 0.312 e. The molecule has 0 unspecified atom stereocenters. The first kappa shape index (κ1) is 19.4. The predicted molar refractivity (Wildman–Crippen MR) is 110 cm³/mol. The standard InChI is InChI=1S/C24H24N2O2/c1-2-26(18-19-12-6-3-7-13-19)24(28)23(27)25-22(20-14-8-4-9-15-20)21-16-10-5-11-17-21/h3-17,22H,2,18H2,1H3,(H,25,27). The maximum atomic E-state index is 12.8. The number of nitrogens with zero attached hydrogens (tertiary/aromatic N) is 1. The number of hydrogen-bond donors (Lipinski definition) is 1. The van der Waals surface area contributed by atoms with E-state index in [1.807, 2.05) is 97.9 Å². The Bertz CT molecular complexity index is 856. The molecular weight excluding hydrogens is 348 g/mol. The van der Waals surface area contributed by atoms with Crippen molar-refractivity contribution in [1.29, 1.82) is 0 Å². The van der Waals surface area contributed by atoms with Gasteiger partial charge in [0.25, 0.3) is 0 Å². The molecule has 28 heavy (non-hydrogen) atoms. The fraction of sp³-hybridized carbons (Fsp3) is 0.167. The van der Waals surface area contributed by atoms with Crippen LogP contribution < -0.4 is 5.32 Å². The fourth-order valence-corrected chi connectivity index (χ4v) is 3.12. The first-order valence-corrected chi connectivity index (χ1v) is 9.42. The van der Waals surface area contributed by atoms with Gasteiger partial charge in [-0.3, -0.25) is 9.59 Å². The van der Waals surface area contributed by atoms with Crippen LogP contribution in [0.3, 0.4) is 0 Å². The van der Waals surface area contributed by atoms with E-state index in [0.717, 1.165) is 16.7 Å². The first-order chi connectivity index (χ1) is 13.7. The third-order valence-corrected chi connectivity index (χ3v) is 4.62. The highest BCUT2D eigenvalue weighted by atomic mass is 16.2. The average molecular weight is 372 g/mol. The van der Waals surface area contributed by atoms with Crippen LogP contribution in [0, 0.1) is 0 Å². The molecule has 0 spiro atoms. The fourth-order valence-electron chi connectivity index (χ4n) is 3.12. The van der Waals surface area contributed by atoms with Crippen LogP contribution in [0.25, 0.3) is 0 Å². The summed E-state index contributed by atoms with van der Waals surface area (Å²) < 4.78 is 0. The number of hydrogen-bond acceptors (Lipinski definition) is 2. The van der Waals surface area contributed by atoms with Crippen molar-refractivity contribution >= 4 is 11.8 Å². The van der Waals surface area contributed by atoms with Crippen molar-refractivity contribution in [2.45, 2.75) is 19.5 Å². The summed E-state index contributed by atoms with van der Waals surface area (Å²) in [6.07, 6.45) is 0. The van der Waals surface area contributed by atoms with Crippen molar-refractivity contribution < 1.29 is 9.59 Å². The lowest BCUT2D eigenvalue weighted by Crippen LogP contribution is -2.44. The summed E-state index contributed by atoms with van der Waals surface area (Å²) >= 11 is 0. The van der Waals surface area contributed by atoms with E-state index in [1.165, 1.54) is 0 Å². The Labute approximate surface area is 165 Å². The number of benzene rings is 3. The van der Waals surface area contributed by atoms with Crippen LogP contribution in [0.5, 0.6) is 0 Å². The molecule has 0 aromatic heterocycles. The summed E-state index contributed by atoms with van der Waals surface area (Å²) in [6, 6.07) is 28.6. The van der Waals surface area contributed by atoms with Gasteiger partial charge in [0, 0.05) is 13.1 Å². The van der Waals surface area contributed by atoms with Gasteiger partial charge in [0.1, 0.15) is 0 Å². The van der Waals surface area contributed by atoms with Crippen LogP contribution in [0.2, 0.25) is 0 Å². The van der Waals surface area contributed by atoms with Crippen molar-refractivity contribution in [3.05, 3.63) is 108 Å². The summed E-state index contributed by atoms with van der Waals surface area (Å²) in [5.74, 6) is -1.13. The molecule has 3 aromatic rings. The van der Waals surface area contributed by atoms with Crippen molar-refractivity contribution in [3.63, 3.8) is 0 Å². The highest BCUT2D eigenvalue weighted by Crippen LogP contribution is 2.21. The maximum absolute atomic E-state index is 12.8. The Hall–Kier alpha value is -3.40. The van der Waals surface area contributed by atoms with Gasteiger partial charge in [-0.15, -0.1) is 0 Å². The number of rotatable bonds is 6. The molecule has 0 aliphatic rings.